The number of primary amides is 1. The number of carbonyl (C=O) groups is 1. The molecule has 2 N–H and O–H groups in total. The molecule has 10 heavy (non-hydrogen) atoms. The van der Waals surface area contributed by atoms with E-state index in [0.717, 1.165) is 0 Å². The van der Waals surface area contributed by atoms with Gasteiger partial charge < -0.3 is 10.5 Å². The lowest BCUT2D eigenvalue weighted by Crippen LogP contribution is -2.16. The smallest absolute Gasteiger partial charge is 0.246 e. The number of amides is 1. The summed E-state index contributed by atoms with van der Waals surface area (Å²) in [6.07, 6.45) is 4.87. The molecular weight excluding hydrogens is 130 g/mol. The van der Waals surface area contributed by atoms with Crippen molar-refractivity contribution in [3.05, 3.63) is 12.2 Å². The van der Waals surface area contributed by atoms with Gasteiger partial charge in [-0.1, -0.05) is 12.5 Å². The van der Waals surface area contributed by atoms with Crippen LogP contribution in [0.1, 0.15) is 0 Å². The highest BCUT2D eigenvalue weighted by atomic mass is 16.5. The Morgan fingerprint density at radius 3 is 2.80 bits per heavy atom. The fourth-order valence-corrected chi connectivity index (χ4v) is 0.304. The van der Waals surface area contributed by atoms with Crippen molar-refractivity contribution < 1.29 is 9.53 Å². The van der Waals surface area contributed by atoms with Crippen LogP contribution in [0.2, 0.25) is 0 Å². The van der Waals surface area contributed by atoms with E-state index in [-0.39, 0.29) is 18.8 Å². The summed E-state index contributed by atoms with van der Waals surface area (Å²) in [6, 6.07) is 0. The quantitative estimate of drug-likeness (QED) is 0.329. The molecule has 0 bridgehead atoms. The molecule has 54 valence electrons. The van der Waals surface area contributed by atoms with Crippen LogP contribution in [0.4, 0.5) is 0 Å². The number of ether oxygens (including phenoxy) is 1. The Bertz CT molecular complexity index is 179. The van der Waals surface area contributed by atoms with Crippen molar-refractivity contribution in [1.82, 2.24) is 0 Å². The van der Waals surface area contributed by atoms with Crippen LogP contribution in [-0.4, -0.2) is 19.1 Å². The Morgan fingerprint density at radius 1 is 1.80 bits per heavy atom. The molecule has 0 aromatic carbocycles. The summed E-state index contributed by atoms with van der Waals surface area (Å²) in [6.45, 7) is 3.64. The standard InChI is InChI=1S/C7H9NO2/c1-3-4-10-5-6(2)7(8)9/h1H,2,4-5H2,(H2,8,9). The van der Waals surface area contributed by atoms with Crippen molar-refractivity contribution in [1.29, 1.82) is 0 Å². The summed E-state index contributed by atoms with van der Waals surface area (Å²) in [7, 11) is 0. The van der Waals surface area contributed by atoms with E-state index < -0.39 is 5.91 Å². The van der Waals surface area contributed by atoms with Crippen LogP contribution in [0.3, 0.4) is 0 Å². The molecule has 0 fully saturated rings. The Kier molecular flexibility index (Phi) is 4.01. The Labute approximate surface area is 59.9 Å². The number of hydrogen-bond acceptors (Lipinski definition) is 2. The van der Waals surface area contributed by atoms with Gasteiger partial charge in [0, 0.05) is 5.57 Å². The second kappa shape index (κ2) is 4.59. The van der Waals surface area contributed by atoms with Gasteiger partial charge in [0.05, 0.1) is 6.61 Å². The minimum atomic E-state index is -0.558. The molecule has 0 rings (SSSR count). The summed E-state index contributed by atoms with van der Waals surface area (Å²) < 4.78 is 4.77. The Balaban J connectivity index is 3.43. The topological polar surface area (TPSA) is 52.3 Å². The Morgan fingerprint density at radius 2 is 2.40 bits per heavy atom. The van der Waals surface area contributed by atoms with E-state index in [2.05, 4.69) is 12.5 Å². The normalized spacial score (nSPS) is 8.30. The molecule has 3 heteroatoms. The van der Waals surface area contributed by atoms with E-state index in [0.29, 0.717) is 0 Å². The highest BCUT2D eigenvalue weighted by Crippen LogP contribution is 1.87. The van der Waals surface area contributed by atoms with Gasteiger partial charge in [0.2, 0.25) is 5.91 Å². The largest absolute Gasteiger partial charge is 0.366 e. The summed E-state index contributed by atoms with van der Waals surface area (Å²) in [5.41, 5.74) is 5.08. The maximum atomic E-state index is 10.3. The zero-order valence-corrected chi connectivity index (χ0v) is 5.59. The van der Waals surface area contributed by atoms with Gasteiger partial charge in [-0.05, 0) is 0 Å². The van der Waals surface area contributed by atoms with Crippen LogP contribution < -0.4 is 5.73 Å². The highest BCUT2D eigenvalue weighted by Gasteiger charge is 1.98. The molecule has 0 saturated heterocycles. The van der Waals surface area contributed by atoms with E-state index in [4.69, 9.17) is 16.9 Å². The molecule has 0 aromatic heterocycles. The van der Waals surface area contributed by atoms with Crippen LogP contribution >= 0.6 is 0 Å². The second-order valence-electron chi connectivity index (χ2n) is 1.66. The van der Waals surface area contributed by atoms with E-state index in [1.807, 2.05) is 0 Å². The molecule has 3 nitrogen and oxygen atoms in total. The third-order valence-corrected chi connectivity index (χ3v) is 0.810. The van der Waals surface area contributed by atoms with Gasteiger partial charge in [0.15, 0.2) is 0 Å². The molecule has 0 heterocycles. The first-order valence-electron chi connectivity index (χ1n) is 2.67. The van der Waals surface area contributed by atoms with E-state index >= 15 is 0 Å². The van der Waals surface area contributed by atoms with Crippen LogP contribution in [0.15, 0.2) is 12.2 Å². The monoisotopic (exact) mass is 139 g/mol. The number of hydrogen-bond donors (Lipinski definition) is 1. The van der Waals surface area contributed by atoms with E-state index in [9.17, 15) is 4.79 Å². The van der Waals surface area contributed by atoms with Crippen molar-refractivity contribution in [2.75, 3.05) is 13.2 Å². The van der Waals surface area contributed by atoms with Crippen LogP contribution in [0, 0.1) is 12.3 Å². The minimum absolute atomic E-state index is 0.111. The summed E-state index contributed by atoms with van der Waals surface area (Å²) in [4.78, 5) is 10.3. The van der Waals surface area contributed by atoms with Gasteiger partial charge in [-0.2, -0.15) is 0 Å². The first kappa shape index (κ1) is 8.73. The molecule has 0 unspecified atom stereocenters. The second-order valence-corrected chi connectivity index (χ2v) is 1.66. The SMILES string of the molecule is C#CCOCC(=C)C(N)=O. The minimum Gasteiger partial charge on any atom is -0.366 e. The van der Waals surface area contributed by atoms with Gasteiger partial charge >= 0.3 is 0 Å². The van der Waals surface area contributed by atoms with E-state index in [1.54, 1.807) is 0 Å². The van der Waals surface area contributed by atoms with Crippen molar-refractivity contribution in [2.45, 2.75) is 0 Å². The lowest BCUT2D eigenvalue weighted by atomic mass is 10.3. The molecule has 0 aliphatic heterocycles. The number of rotatable bonds is 4. The summed E-state index contributed by atoms with van der Waals surface area (Å²) >= 11 is 0. The molecule has 0 radical (unpaired) electrons. The van der Waals surface area contributed by atoms with Gasteiger partial charge in [-0.15, -0.1) is 6.42 Å². The molecule has 0 aliphatic carbocycles. The van der Waals surface area contributed by atoms with Crippen LogP contribution in [-0.2, 0) is 9.53 Å². The fraction of sp³-hybridized carbons (Fsp3) is 0.286. The lowest BCUT2D eigenvalue weighted by molar-refractivity contribution is -0.115. The fourth-order valence-electron chi connectivity index (χ4n) is 0.304. The number of terminal acetylenes is 1. The summed E-state index contributed by atoms with van der Waals surface area (Å²) in [5, 5.41) is 0. The van der Waals surface area contributed by atoms with Gasteiger partial charge in [0.1, 0.15) is 6.61 Å². The van der Waals surface area contributed by atoms with Crippen molar-refractivity contribution >= 4 is 5.91 Å². The van der Waals surface area contributed by atoms with Crippen molar-refractivity contribution in [3.63, 3.8) is 0 Å². The van der Waals surface area contributed by atoms with Gasteiger partial charge in [-0.25, -0.2) is 0 Å². The molecule has 0 atom stereocenters. The van der Waals surface area contributed by atoms with Crippen molar-refractivity contribution in [2.24, 2.45) is 5.73 Å². The zero-order valence-electron chi connectivity index (χ0n) is 5.59. The average Bonchev–Trinajstić information content (AvgIpc) is 1.88. The maximum Gasteiger partial charge on any atom is 0.246 e. The average molecular weight is 139 g/mol. The molecule has 0 spiro atoms. The predicted octanol–water partition coefficient (Wildman–Crippen LogP) is -0.322. The van der Waals surface area contributed by atoms with E-state index in [1.165, 1.54) is 0 Å². The lowest BCUT2D eigenvalue weighted by Gasteiger charge is -1.98. The number of nitrogens with two attached hydrogens (primary N) is 1. The molecule has 0 saturated carbocycles. The van der Waals surface area contributed by atoms with Crippen molar-refractivity contribution in [3.8, 4) is 12.3 Å². The molecular formula is C7H9NO2. The first-order valence-corrected chi connectivity index (χ1v) is 2.67. The predicted molar refractivity (Wildman–Crippen MR) is 38.0 cm³/mol. The molecule has 0 aliphatic rings. The van der Waals surface area contributed by atoms with Gasteiger partial charge in [-0.3, -0.25) is 4.79 Å². The van der Waals surface area contributed by atoms with Crippen LogP contribution in [0.5, 0.6) is 0 Å². The third-order valence-electron chi connectivity index (χ3n) is 0.810. The highest BCUT2D eigenvalue weighted by molar-refractivity contribution is 5.91. The number of carbonyl (C=O) groups excluding carboxylic acids is 1. The zero-order chi connectivity index (χ0) is 7.98. The third kappa shape index (κ3) is 3.70. The molecule has 0 aromatic rings. The first-order chi connectivity index (χ1) is 4.68. The molecule has 1 amide bonds. The van der Waals surface area contributed by atoms with Crippen LogP contribution in [0.25, 0.3) is 0 Å². The maximum absolute atomic E-state index is 10.3. The van der Waals surface area contributed by atoms with Gasteiger partial charge in [0.25, 0.3) is 0 Å². The summed E-state index contributed by atoms with van der Waals surface area (Å²) in [5.74, 6) is 1.69. The Hall–Kier alpha value is -1.27.